The molecule has 3 aromatic rings. The molecule has 2 aliphatic rings. The Morgan fingerprint density at radius 1 is 1.24 bits per heavy atom. The molecular weight excluding hydrogens is 527 g/mol. The number of thioether (sulfide) groups is 1. The number of rotatable bonds is 7. The van der Waals surface area contributed by atoms with E-state index in [1.54, 1.807) is 25.2 Å². The van der Waals surface area contributed by atoms with Gasteiger partial charge in [-0.2, -0.15) is 13.2 Å². The van der Waals surface area contributed by atoms with Crippen molar-refractivity contribution in [3.63, 3.8) is 0 Å². The molecule has 9 nitrogen and oxygen atoms in total. The molecule has 0 aliphatic carbocycles. The van der Waals surface area contributed by atoms with Crippen LogP contribution in [-0.4, -0.2) is 60.2 Å². The van der Waals surface area contributed by atoms with Crippen LogP contribution in [0.4, 0.5) is 19.0 Å². The van der Waals surface area contributed by atoms with Crippen molar-refractivity contribution in [2.24, 2.45) is 4.99 Å². The van der Waals surface area contributed by atoms with Crippen LogP contribution in [0.2, 0.25) is 0 Å². The molecule has 0 amide bonds. The molecule has 0 bridgehead atoms. The minimum Gasteiger partial charge on any atom is -0.463 e. The van der Waals surface area contributed by atoms with E-state index in [-0.39, 0.29) is 43.4 Å². The van der Waals surface area contributed by atoms with Crippen molar-refractivity contribution in [3.8, 4) is 0 Å². The highest BCUT2D eigenvalue weighted by atomic mass is 32.2. The maximum Gasteiger partial charge on any atom is 0.451 e. The van der Waals surface area contributed by atoms with Gasteiger partial charge in [-0.05, 0) is 26.3 Å². The number of thiophene rings is 1. The lowest BCUT2D eigenvalue weighted by molar-refractivity contribution is -0.148. The number of anilines is 1. The van der Waals surface area contributed by atoms with Gasteiger partial charge in [0, 0.05) is 23.7 Å². The molecule has 2 aliphatic heterocycles. The summed E-state index contributed by atoms with van der Waals surface area (Å²) in [4.78, 5) is 30.3. The van der Waals surface area contributed by atoms with E-state index >= 15 is 0 Å². The Bertz CT molecular complexity index is 1350. The van der Waals surface area contributed by atoms with Gasteiger partial charge in [-0.3, -0.25) is 9.79 Å². The number of fused-ring (bicyclic) bond motifs is 2. The van der Waals surface area contributed by atoms with Crippen molar-refractivity contribution in [2.75, 3.05) is 17.2 Å². The average Bonchev–Trinajstić information content (AvgIpc) is 3.55. The largest absolute Gasteiger partial charge is 0.463 e. The Labute approximate surface area is 219 Å². The van der Waals surface area contributed by atoms with E-state index < -0.39 is 12.0 Å². The maximum absolute atomic E-state index is 13.3. The van der Waals surface area contributed by atoms with Crippen molar-refractivity contribution >= 4 is 50.1 Å². The SMILES string of the molecule is CCCc1cc2c(N3CCn4c(nnc4C(F)(F)F)C3)nc(C3=NC(CC(=O)OC(C)C)CS3)nc2s1. The first-order valence-electron chi connectivity index (χ1n) is 12.1. The summed E-state index contributed by atoms with van der Waals surface area (Å²) in [6.45, 7) is 6.29. The summed E-state index contributed by atoms with van der Waals surface area (Å²) < 4.78 is 46.3. The van der Waals surface area contributed by atoms with Gasteiger partial charge in [-0.1, -0.05) is 13.3 Å². The van der Waals surface area contributed by atoms with Crippen LogP contribution in [0.15, 0.2) is 11.1 Å². The molecule has 14 heteroatoms. The van der Waals surface area contributed by atoms with Crippen molar-refractivity contribution in [3.05, 3.63) is 28.4 Å². The van der Waals surface area contributed by atoms with Crippen molar-refractivity contribution in [1.82, 2.24) is 24.7 Å². The summed E-state index contributed by atoms with van der Waals surface area (Å²) in [5.41, 5.74) is 0. The second-order valence-corrected chi connectivity index (χ2v) is 11.3. The average molecular weight is 554 g/mol. The number of carbonyl (C=O) groups is 1. The summed E-state index contributed by atoms with van der Waals surface area (Å²) >= 11 is 3.08. The first kappa shape index (κ1) is 25.9. The Hall–Kier alpha value is -2.74. The minimum absolute atomic E-state index is 0.0969. The first-order chi connectivity index (χ1) is 17.6. The van der Waals surface area contributed by atoms with E-state index in [4.69, 9.17) is 19.7 Å². The molecule has 37 heavy (non-hydrogen) atoms. The third-order valence-corrected chi connectivity index (χ3v) is 8.10. The number of carbonyl (C=O) groups excluding carboxylic acids is 1. The van der Waals surface area contributed by atoms with Gasteiger partial charge in [-0.25, -0.2) is 9.97 Å². The first-order valence-corrected chi connectivity index (χ1v) is 13.9. The lowest BCUT2D eigenvalue weighted by Gasteiger charge is -2.29. The number of alkyl halides is 3. The number of halogens is 3. The van der Waals surface area contributed by atoms with Crippen molar-refractivity contribution in [2.45, 2.75) is 71.4 Å². The maximum atomic E-state index is 13.3. The van der Waals surface area contributed by atoms with E-state index in [2.05, 4.69) is 23.2 Å². The monoisotopic (exact) mass is 553 g/mol. The van der Waals surface area contributed by atoms with Crippen LogP contribution in [-0.2, 0) is 35.2 Å². The number of aryl methyl sites for hydroxylation is 1. The Kier molecular flexibility index (Phi) is 7.14. The zero-order valence-corrected chi connectivity index (χ0v) is 22.2. The molecule has 198 valence electrons. The second kappa shape index (κ2) is 10.2. The predicted octanol–water partition coefficient (Wildman–Crippen LogP) is 4.48. The fourth-order valence-electron chi connectivity index (χ4n) is 4.36. The Balaban J connectivity index is 1.47. The third kappa shape index (κ3) is 5.44. The molecule has 0 radical (unpaired) electrons. The molecule has 0 saturated carbocycles. The normalized spacial score (nSPS) is 18.0. The summed E-state index contributed by atoms with van der Waals surface area (Å²) in [6.07, 6.45) is -2.67. The zero-order chi connectivity index (χ0) is 26.3. The molecule has 0 spiro atoms. The van der Waals surface area contributed by atoms with Crippen LogP contribution >= 0.6 is 23.1 Å². The quantitative estimate of drug-likeness (QED) is 0.395. The Morgan fingerprint density at radius 3 is 2.78 bits per heavy atom. The van der Waals surface area contributed by atoms with Gasteiger partial charge < -0.3 is 14.2 Å². The molecule has 0 N–H and O–H groups in total. The fourth-order valence-corrected chi connectivity index (χ4v) is 6.47. The van der Waals surface area contributed by atoms with E-state index in [0.29, 0.717) is 29.0 Å². The summed E-state index contributed by atoms with van der Waals surface area (Å²) in [7, 11) is 0. The summed E-state index contributed by atoms with van der Waals surface area (Å²) in [6, 6.07) is 1.85. The van der Waals surface area contributed by atoms with Crippen LogP contribution in [0.25, 0.3) is 10.2 Å². The van der Waals surface area contributed by atoms with Crippen molar-refractivity contribution in [1.29, 1.82) is 0 Å². The highest BCUT2D eigenvalue weighted by Crippen LogP contribution is 2.36. The highest BCUT2D eigenvalue weighted by Gasteiger charge is 2.40. The number of aromatic nitrogens is 5. The smallest absolute Gasteiger partial charge is 0.451 e. The summed E-state index contributed by atoms with van der Waals surface area (Å²) in [5, 5.41) is 8.71. The lowest BCUT2D eigenvalue weighted by Crippen LogP contribution is -2.36. The highest BCUT2D eigenvalue weighted by molar-refractivity contribution is 8.14. The number of hydrogen-bond donors (Lipinski definition) is 0. The number of ether oxygens (including phenoxy) is 1. The second-order valence-electron chi connectivity index (χ2n) is 9.20. The van der Waals surface area contributed by atoms with Gasteiger partial charge in [0.05, 0.1) is 30.5 Å². The number of nitrogens with zero attached hydrogens (tertiary/aromatic N) is 7. The topological polar surface area (TPSA) is 98.4 Å². The molecule has 5 heterocycles. The van der Waals surface area contributed by atoms with E-state index in [9.17, 15) is 18.0 Å². The van der Waals surface area contributed by atoms with Crippen LogP contribution in [0.5, 0.6) is 0 Å². The standard InChI is InChI=1S/C23H26F3N7O2S2/c1-4-5-14-9-15-19(32-6-7-33-16(10-32)30-31-22(33)23(24,25)26)28-18(29-20(15)37-14)21-27-13(11-36-21)8-17(34)35-12(2)3/h9,12-13H,4-8,10-11H2,1-3H3. The molecular formula is C23H26F3N7O2S2. The van der Waals surface area contributed by atoms with Gasteiger partial charge in [0.15, 0.2) is 11.6 Å². The fraction of sp³-hybridized carbons (Fsp3) is 0.565. The lowest BCUT2D eigenvalue weighted by atomic mass is 10.2. The number of hydrogen-bond acceptors (Lipinski definition) is 10. The van der Waals surface area contributed by atoms with Gasteiger partial charge in [-0.15, -0.1) is 33.3 Å². The van der Waals surface area contributed by atoms with E-state index in [1.165, 1.54) is 16.6 Å². The molecule has 3 aromatic heterocycles. The number of aliphatic imine (C=N–C) groups is 1. The van der Waals surface area contributed by atoms with E-state index in [1.807, 2.05) is 4.90 Å². The molecule has 1 unspecified atom stereocenters. The Morgan fingerprint density at radius 2 is 2.05 bits per heavy atom. The number of esters is 1. The van der Waals surface area contributed by atoms with Crippen molar-refractivity contribution < 1.29 is 22.7 Å². The van der Waals surface area contributed by atoms with Crippen LogP contribution in [0.1, 0.15) is 56.0 Å². The molecule has 0 fully saturated rings. The molecule has 1 atom stereocenters. The van der Waals surface area contributed by atoms with E-state index in [0.717, 1.165) is 27.6 Å². The van der Waals surface area contributed by atoms with Gasteiger partial charge in [0.1, 0.15) is 15.7 Å². The van der Waals surface area contributed by atoms with Gasteiger partial charge >= 0.3 is 12.1 Å². The zero-order valence-electron chi connectivity index (χ0n) is 20.6. The molecule has 5 rings (SSSR count). The predicted molar refractivity (Wildman–Crippen MR) is 136 cm³/mol. The summed E-state index contributed by atoms with van der Waals surface area (Å²) in [5.74, 6) is 0.702. The molecule has 0 aromatic carbocycles. The van der Waals surface area contributed by atoms with Crippen LogP contribution < -0.4 is 4.90 Å². The third-order valence-electron chi connectivity index (χ3n) is 5.90. The minimum atomic E-state index is -4.55. The molecule has 0 saturated heterocycles. The van der Waals surface area contributed by atoms with Gasteiger partial charge in [0.25, 0.3) is 0 Å². The van der Waals surface area contributed by atoms with Gasteiger partial charge in [0.2, 0.25) is 5.82 Å². The van der Waals surface area contributed by atoms with Crippen LogP contribution in [0, 0.1) is 0 Å². The van der Waals surface area contributed by atoms with Crippen LogP contribution in [0.3, 0.4) is 0 Å².